The molecule has 0 atom stereocenters. The van der Waals surface area contributed by atoms with Crippen LogP contribution in [0.1, 0.15) is 56.8 Å². The first-order chi connectivity index (χ1) is 17.0. The van der Waals surface area contributed by atoms with E-state index in [-0.39, 0.29) is 11.6 Å². The van der Waals surface area contributed by atoms with Crippen LogP contribution in [0.25, 0.3) is 33.9 Å². The van der Waals surface area contributed by atoms with E-state index in [1.165, 1.54) is 17.4 Å². The molecule has 1 saturated carbocycles. The van der Waals surface area contributed by atoms with E-state index < -0.39 is 0 Å². The summed E-state index contributed by atoms with van der Waals surface area (Å²) in [6.07, 6.45) is 10.4. The van der Waals surface area contributed by atoms with Crippen LogP contribution in [-0.2, 0) is 6.42 Å². The van der Waals surface area contributed by atoms with Crippen molar-refractivity contribution in [2.45, 2.75) is 52.0 Å². The molecule has 0 radical (unpaired) electrons. The number of rotatable bonds is 6. The molecule has 0 N–H and O–H groups in total. The number of hydrogen-bond donors (Lipinski definition) is 0. The van der Waals surface area contributed by atoms with E-state index in [1.807, 2.05) is 39.7 Å². The normalized spacial score (nSPS) is 13.7. The monoisotopic (exact) mass is 466 g/mol. The predicted molar refractivity (Wildman–Crippen MR) is 133 cm³/mol. The van der Waals surface area contributed by atoms with E-state index in [1.54, 1.807) is 18.7 Å². The van der Waals surface area contributed by atoms with Crippen LogP contribution >= 0.6 is 0 Å². The molecule has 1 aliphatic rings. The molecule has 1 fully saturated rings. The highest BCUT2D eigenvalue weighted by Crippen LogP contribution is 2.39. The molecule has 5 aromatic rings. The van der Waals surface area contributed by atoms with Crippen molar-refractivity contribution in [3.05, 3.63) is 77.1 Å². The molecule has 1 aliphatic carbocycles. The van der Waals surface area contributed by atoms with Gasteiger partial charge in [0.25, 0.3) is 5.56 Å². The van der Waals surface area contributed by atoms with E-state index in [4.69, 9.17) is 4.98 Å². The molecular weight excluding hydrogens is 440 g/mol. The zero-order valence-electron chi connectivity index (χ0n) is 20.0. The number of hydrogen-bond acceptors (Lipinski definition) is 6. The highest BCUT2D eigenvalue weighted by molar-refractivity contribution is 5.81. The summed E-state index contributed by atoms with van der Waals surface area (Å²) in [6, 6.07) is 9.65. The molecule has 1 aromatic carbocycles. The fourth-order valence-electron chi connectivity index (χ4n) is 4.43. The maximum atomic E-state index is 13.6. The number of pyridine rings is 1. The molecule has 0 amide bonds. The van der Waals surface area contributed by atoms with Gasteiger partial charge in [-0.25, -0.2) is 15.0 Å². The van der Waals surface area contributed by atoms with Gasteiger partial charge in [-0.3, -0.25) is 9.36 Å². The first-order valence-electron chi connectivity index (χ1n) is 12.0. The molecule has 6 rings (SSSR count). The van der Waals surface area contributed by atoms with E-state index in [0.717, 1.165) is 23.4 Å². The second-order valence-electron chi connectivity index (χ2n) is 9.29. The second-order valence-corrected chi connectivity index (χ2v) is 9.29. The number of aromatic nitrogens is 8. The Hall–Kier alpha value is -4.14. The van der Waals surface area contributed by atoms with Crippen LogP contribution in [0.4, 0.5) is 0 Å². The Kier molecular flexibility index (Phi) is 5.05. The highest BCUT2D eigenvalue weighted by atomic mass is 16.1. The van der Waals surface area contributed by atoms with Gasteiger partial charge < -0.3 is 9.13 Å². The second kappa shape index (κ2) is 8.26. The van der Waals surface area contributed by atoms with Crippen molar-refractivity contribution in [3.63, 3.8) is 0 Å². The van der Waals surface area contributed by atoms with Crippen LogP contribution in [0.15, 0.2) is 60.3 Å². The van der Waals surface area contributed by atoms with Gasteiger partial charge in [0.05, 0.1) is 28.6 Å². The van der Waals surface area contributed by atoms with Crippen LogP contribution in [0, 0.1) is 0 Å². The summed E-state index contributed by atoms with van der Waals surface area (Å²) in [5.41, 5.74) is 4.35. The molecule has 9 heteroatoms. The van der Waals surface area contributed by atoms with Crippen molar-refractivity contribution >= 4 is 10.9 Å². The summed E-state index contributed by atoms with van der Waals surface area (Å²) in [5, 5.41) is 8.81. The molecule has 35 heavy (non-hydrogen) atoms. The van der Waals surface area contributed by atoms with Crippen LogP contribution in [0.3, 0.4) is 0 Å². The number of imidazole rings is 1. The molecule has 0 spiro atoms. The van der Waals surface area contributed by atoms with Crippen molar-refractivity contribution < 1.29 is 0 Å². The van der Waals surface area contributed by atoms with Gasteiger partial charge in [-0.05, 0) is 62.9 Å². The molecule has 176 valence electrons. The molecule has 0 unspecified atom stereocenters. The van der Waals surface area contributed by atoms with Gasteiger partial charge in [0, 0.05) is 18.2 Å². The van der Waals surface area contributed by atoms with Crippen LogP contribution in [0.2, 0.25) is 0 Å². The Morgan fingerprint density at radius 2 is 1.94 bits per heavy atom. The number of fused-ring (bicyclic) bond motifs is 1. The minimum Gasteiger partial charge on any atom is -0.310 e. The summed E-state index contributed by atoms with van der Waals surface area (Å²) < 4.78 is 5.47. The van der Waals surface area contributed by atoms with Gasteiger partial charge in [-0.1, -0.05) is 13.0 Å². The summed E-state index contributed by atoms with van der Waals surface area (Å²) in [7, 11) is 0. The third kappa shape index (κ3) is 3.73. The summed E-state index contributed by atoms with van der Waals surface area (Å²) in [6.45, 7) is 6.23. The van der Waals surface area contributed by atoms with Gasteiger partial charge in [-0.2, -0.15) is 0 Å². The van der Waals surface area contributed by atoms with Crippen molar-refractivity contribution in [1.82, 2.24) is 38.9 Å². The van der Waals surface area contributed by atoms with Crippen LogP contribution < -0.4 is 5.56 Å². The fourth-order valence-corrected chi connectivity index (χ4v) is 4.43. The number of benzene rings is 1. The minimum absolute atomic E-state index is 0.170. The quantitative estimate of drug-likeness (QED) is 0.371. The summed E-state index contributed by atoms with van der Waals surface area (Å²) in [4.78, 5) is 27.6. The van der Waals surface area contributed by atoms with E-state index in [0.29, 0.717) is 34.2 Å². The molecule has 4 aromatic heterocycles. The topological polar surface area (TPSA) is 96.3 Å². The highest BCUT2D eigenvalue weighted by Gasteiger charge is 2.26. The van der Waals surface area contributed by atoms with Crippen LogP contribution in [-0.4, -0.2) is 38.9 Å². The van der Waals surface area contributed by atoms with Crippen molar-refractivity contribution in [3.8, 4) is 23.0 Å². The third-order valence-corrected chi connectivity index (χ3v) is 6.56. The maximum Gasteiger partial charge on any atom is 0.267 e. The zero-order valence-corrected chi connectivity index (χ0v) is 20.0. The lowest BCUT2D eigenvalue weighted by Crippen LogP contribution is -2.20. The first-order valence-corrected chi connectivity index (χ1v) is 12.0. The molecule has 4 heterocycles. The van der Waals surface area contributed by atoms with Crippen LogP contribution in [0.5, 0.6) is 0 Å². The smallest absolute Gasteiger partial charge is 0.267 e. The average Bonchev–Trinajstić information content (AvgIpc) is 3.39. The molecule has 9 nitrogen and oxygen atoms in total. The Morgan fingerprint density at radius 3 is 2.71 bits per heavy atom. The lowest BCUT2D eigenvalue weighted by molar-refractivity contribution is 0.603. The van der Waals surface area contributed by atoms with E-state index in [2.05, 4.69) is 47.1 Å². The lowest BCUT2D eigenvalue weighted by atomic mass is 10.1. The number of nitrogens with zero attached hydrogens (tertiary/aromatic N) is 8. The molecular formula is C26H26N8O. The van der Waals surface area contributed by atoms with Gasteiger partial charge in [0.1, 0.15) is 24.2 Å². The largest absolute Gasteiger partial charge is 0.310 e. The van der Waals surface area contributed by atoms with Crippen molar-refractivity contribution in [1.29, 1.82) is 0 Å². The Labute approximate surface area is 202 Å². The van der Waals surface area contributed by atoms with Gasteiger partial charge >= 0.3 is 0 Å². The van der Waals surface area contributed by atoms with Gasteiger partial charge in [0.2, 0.25) is 0 Å². The maximum absolute atomic E-state index is 13.6. The molecule has 0 aliphatic heterocycles. The van der Waals surface area contributed by atoms with E-state index in [9.17, 15) is 4.79 Å². The van der Waals surface area contributed by atoms with Gasteiger partial charge in [-0.15, -0.1) is 10.2 Å². The average molecular weight is 467 g/mol. The third-order valence-electron chi connectivity index (χ3n) is 6.56. The standard InChI is InChI=1S/C26H26N8O/c1-4-17-10-21-19(11-23(17)32-12-22(27-13-32)18-8-9-18)26(35)34(14-28-21)24-7-5-6-20(30-24)25-31-29-15-33(25)16(2)3/h5-7,10-16,18H,4,8-9H2,1-3H3. The van der Waals surface area contributed by atoms with E-state index >= 15 is 0 Å². The lowest BCUT2D eigenvalue weighted by Gasteiger charge is -2.13. The SMILES string of the molecule is CCc1cc2ncn(-c3cccc(-c4nncn4C(C)C)n3)c(=O)c2cc1-n1cnc(C2CC2)c1. The molecule has 0 bridgehead atoms. The number of aryl methyl sites for hydroxylation is 1. The summed E-state index contributed by atoms with van der Waals surface area (Å²) in [5.74, 6) is 1.71. The summed E-state index contributed by atoms with van der Waals surface area (Å²) >= 11 is 0. The zero-order chi connectivity index (χ0) is 24.1. The molecule has 0 saturated heterocycles. The Balaban J connectivity index is 1.47. The minimum atomic E-state index is -0.170. The fraction of sp³-hybridized carbons (Fsp3) is 0.308. The Morgan fingerprint density at radius 1 is 1.09 bits per heavy atom. The van der Waals surface area contributed by atoms with Crippen molar-refractivity contribution in [2.24, 2.45) is 0 Å². The van der Waals surface area contributed by atoms with Gasteiger partial charge in [0.15, 0.2) is 5.82 Å². The predicted octanol–water partition coefficient (Wildman–Crippen LogP) is 4.25. The Bertz CT molecular complexity index is 1610. The van der Waals surface area contributed by atoms with Crippen molar-refractivity contribution in [2.75, 3.05) is 0 Å². The first kappa shape index (κ1) is 21.4.